The first-order valence-corrected chi connectivity index (χ1v) is 8.22. The number of methoxy groups -OCH3 is 1. The van der Waals surface area contributed by atoms with Gasteiger partial charge in [-0.3, -0.25) is 0 Å². The highest BCUT2D eigenvalue weighted by Crippen LogP contribution is 2.21. The summed E-state index contributed by atoms with van der Waals surface area (Å²) in [6.45, 7) is 11.7. The molecule has 1 rings (SSSR count). The molecule has 2 atom stereocenters. The van der Waals surface area contributed by atoms with Crippen LogP contribution in [0.3, 0.4) is 0 Å². The lowest BCUT2D eigenvalue weighted by Gasteiger charge is -2.31. The van der Waals surface area contributed by atoms with Gasteiger partial charge in [0.25, 0.3) is 0 Å². The molecule has 1 aromatic carbocycles. The first-order valence-electron chi connectivity index (χ1n) is 8.22. The molecular formula is C18H32N2O. The molecule has 0 fully saturated rings. The van der Waals surface area contributed by atoms with E-state index in [0.717, 1.165) is 26.1 Å². The van der Waals surface area contributed by atoms with Crippen LogP contribution in [0.5, 0.6) is 0 Å². The molecule has 0 aliphatic carbocycles. The zero-order valence-electron chi connectivity index (χ0n) is 14.4. The normalized spacial score (nSPS) is 14.0. The molecule has 2 unspecified atom stereocenters. The minimum Gasteiger partial charge on any atom is -0.383 e. The van der Waals surface area contributed by atoms with Crippen molar-refractivity contribution < 1.29 is 4.74 Å². The molecule has 0 radical (unpaired) electrons. The summed E-state index contributed by atoms with van der Waals surface area (Å²) in [6, 6.07) is 9.90. The SMILES string of the molecule is CCCNC(C)c1ccc(N(CCOC)C(C)CC)cc1. The Morgan fingerprint density at radius 2 is 1.81 bits per heavy atom. The maximum Gasteiger partial charge on any atom is 0.0637 e. The molecular weight excluding hydrogens is 260 g/mol. The van der Waals surface area contributed by atoms with Gasteiger partial charge in [0, 0.05) is 31.4 Å². The van der Waals surface area contributed by atoms with Crippen LogP contribution in [0.25, 0.3) is 0 Å². The molecule has 0 aliphatic rings. The fourth-order valence-electron chi connectivity index (χ4n) is 2.45. The smallest absolute Gasteiger partial charge is 0.0637 e. The van der Waals surface area contributed by atoms with Gasteiger partial charge in [-0.15, -0.1) is 0 Å². The number of hydrogen-bond acceptors (Lipinski definition) is 3. The van der Waals surface area contributed by atoms with Crippen molar-refractivity contribution in [1.29, 1.82) is 0 Å². The zero-order valence-corrected chi connectivity index (χ0v) is 14.4. The van der Waals surface area contributed by atoms with Gasteiger partial charge in [-0.2, -0.15) is 0 Å². The summed E-state index contributed by atoms with van der Waals surface area (Å²) < 4.78 is 5.24. The average Bonchev–Trinajstić information content (AvgIpc) is 2.53. The monoisotopic (exact) mass is 292 g/mol. The molecule has 0 saturated heterocycles. The van der Waals surface area contributed by atoms with E-state index in [1.165, 1.54) is 17.7 Å². The quantitative estimate of drug-likeness (QED) is 0.705. The van der Waals surface area contributed by atoms with Crippen LogP contribution in [-0.4, -0.2) is 32.8 Å². The predicted octanol–water partition coefficient (Wildman–Crippen LogP) is 4.00. The molecule has 120 valence electrons. The average molecular weight is 292 g/mol. The number of ether oxygens (including phenoxy) is 1. The third kappa shape index (κ3) is 5.68. The summed E-state index contributed by atoms with van der Waals surface area (Å²) in [5.74, 6) is 0. The Balaban J connectivity index is 2.76. The minimum atomic E-state index is 0.412. The summed E-state index contributed by atoms with van der Waals surface area (Å²) in [4.78, 5) is 2.43. The van der Waals surface area contributed by atoms with Crippen LogP contribution >= 0.6 is 0 Å². The molecule has 0 saturated carbocycles. The van der Waals surface area contributed by atoms with Crippen molar-refractivity contribution in [3.8, 4) is 0 Å². The Morgan fingerprint density at radius 3 is 2.33 bits per heavy atom. The van der Waals surface area contributed by atoms with Gasteiger partial charge in [0.1, 0.15) is 0 Å². The molecule has 0 aromatic heterocycles. The molecule has 1 N–H and O–H groups in total. The second-order valence-corrected chi connectivity index (χ2v) is 5.71. The van der Waals surface area contributed by atoms with Crippen molar-refractivity contribution in [3.05, 3.63) is 29.8 Å². The van der Waals surface area contributed by atoms with Gasteiger partial charge < -0.3 is 15.0 Å². The summed E-state index contributed by atoms with van der Waals surface area (Å²) in [7, 11) is 1.76. The third-order valence-corrected chi connectivity index (χ3v) is 4.08. The van der Waals surface area contributed by atoms with E-state index in [-0.39, 0.29) is 0 Å². The van der Waals surface area contributed by atoms with Crippen molar-refractivity contribution >= 4 is 5.69 Å². The van der Waals surface area contributed by atoms with E-state index in [1.807, 2.05) is 0 Å². The van der Waals surface area contributed by atoms with E-state index < -0.39 is 0 Å². The first-order chi connectivity index (χ1) is 10.1. The summed E-state index contributed by atoms with van der Waals surface area (Å²) >= 11 is 0. The Labute approximate surface area is 130 Å². The van der Waals surface area contributed by atoms with Crippen LogP contribution in [0.2, 0.25) is 0 Å². The fraction of sp³-hybridized carbons (Fsp3) is 0.667. The summed E-state index contributed by atoms with van der Waals surface area (Å²) in [6.07, 6.45) is 2.31. The molecule has 0 spiro atoms. The second-order valence-electron chi connectivity index (χ2n) is 5.71. The van der Waals surface area contributed by atoms with Gasteiger partial charge in [0.15, 0.2) is 0 Å². The van der Waals surface area contributed by atoms with Gasteiger partial charge in [-0.1, -0.05) is 26.0 Å². The Morgan fingerprint density at radius 1 is 1.14 bits per heavy atom. The van der Waals surface area contributed by atoms with E-state index in [2.05, 4.69) is 62.2 Å². The van der Waals surface area contributed by atoms with Crippen molar-refractivity contribution in [3.63, 3.8) is 0 Å². The highest BCUT2D eigenvalue weighted by atomic mass is 16.5. The van der Waals surface area contributed by atoms with E-state index in [9.17, 15) is 0 Å². The molecule has 0 amide bonds. The number of anilines is 1. The van der Waals surface area contributed by atoms with Gasteiger partial charge in [-0.25, -0.2) is 0 Å². The maximum atomic E-state index is 5.24. The number of nitrogens with zero attached hydrogens (tertiary/aromatic N) is 1. The highest BCUT2D eigenvalue weighted by Gasteiger charge is 2.13. The lowest BCUT2D eigenvalue weighted by atomic mass is 10.1. The van der Waals surface area contributed by atoms with E-state index >= 15 is 0 Å². The number of rotatable bonds is 10. The van der Waals surface area contributed by atoms with E-state index in [0.29, 0.717) is 12.1 Å². The van der Waals surface area contributed by atoms with Crippen molar-refractivity contribution in [1.82, 2.24) is 5.32 Å². The molecule has 0 aliphatic heterocycles. The second kappa shape index (κ2) is 9.80. The molecule has 3 heteroatoms. The molecule has 0 bridgehead atoms. The largest absolute Gasteiger partial charge is 0.383 e. The highest BCUT2D eigenvalue weighted by molar-refractivity contribution is 5.49. The Kier molecular flexibility index (Phi) is 8.40. The fourth-order valence-corrected chi connectivity index (χ4v) is 2.45. The van der Waals surface area contributed by atoms with E-state index in [4.69, 9.17) is 4.74 Å². The lowest BCUT2D eigenvalue weighted by molar-refractivity contribution is 0.203. The van der Waals surface area contributed by atoms with Gasteiger partial charge in [-0.05, 0) is 50.9 Å². The van der Waals surface area contributed by atoms with Crippen molar-refractivity contribution in [2.75, 3.05) is 31.7 Å². The van der Waals surface area contributed by atoms with Crippen LogP contribution in [0.1, 0.15) is 52.1 Å². The van der Waals surface area contributed by atoms with Crippen LogP contribution in [0.15, 0.2) is 24.3 Å². The van der Waals surface area contributed by atoms with Crippen LogP contribution in [0, 0.1) is 0 Å². The van der Waals surface area contributed by atoms with Crippen LogP contribution in [0.4, 0.5) is 5.69 Å². The number of hydrogen-bond donors (Lipinski definition) is 1. The maximum absolute atomic E-state index is 5.24. The minimum absolute atomic E-state index is 0.412. The van der Waals surface area contributed by atoms with Crippen molar-refractivity contribution in [2.24, 2.45) is 0 Å². The van der Waals surface area contributed by atoms with Crippen molar-refractivity contribution in [2.45, 2.75) is 52.6 Å². The van der Waals surface area contributed by atoms with E-state index in [1.54, 1.807) is 7.11 Å². The lowest BCUT2D eigenvalue weighted by Crippen LogP contribution is -2.35. The van der Waals surface area contributed by atoms with Gasteiger partial charge in [0.05, 0.1) is 6.61 Å². The topological polar surface area (TPSA) is 24.5 Å². The zero-order chi connectivity index (χ0) is 15.7. The summed E-state index contributed by atoms with van der Waals surface area (Å²) in [5, 5.41) is 3.53. The first kappa shape index (κ1) is 18.0. The standard InChI is InChI=1S/C18H32N2O/c1-6-12-19-16(4)17-8-10-18(11-9-17)20(13-14-21-5)15(3)7-2/h8-11,15-16,19H,6-7,12-14H2,1-5H3. The third-order valence-electron chi connectivity index (χ3n) is 4.08. The molecule has 1 aromatic rings. The predicted molar refractivity (Wildman–Crippen MR) is 92.1 cm³/mol. The van der Waals surface area contributed by atoms with Gasteiger partial charge in [0.2, 0.25) is 0 Å². The molecule has 0 heterocycles. The van der Waals surface area contributed by atoms with Crippen LogP contribution in [-0.2, 0) is 4.74 Å². The Bertz CT molecular complexity index is 377. The molecule has 21 heavy (non-hydrogen) atoms. The van der Waals surface area contributed by atoms with Crippen LogP contribution < -0.4 is 10.2 Å². The number of benzene rings is 1. The summed E-state index contributed by atoms with van der Waals surface area (Å²) in [5.41, 5.74) is 2.64. The van der Waals surface area contributed by atoms with Gasteiger partial charge >= 0.3 is 0 Å². The Hall–Kier alpha value is -1.06. The molecule has 3 nitrogen and oxygen atoms in total. The number of nitrogens with one attached hydrogen (secondary N) is 1.